The second-order valence-electron chi connectivity index (χ2n) is 10.5. The van der Waals surface area contributed by atoms with E-state index in [1.54, 1.807) is 6.08 Å². The van der Waals surface area contributed by atoms with Crippen LogP contribution in [0.4, 0.5) is 0 Å². The molecule has 0 fully saturated rings. The van der Waals surface area contributed by atoms with Gasteiger partial charge in [-0.15, -0.1) is 0 Å². The number of allylic oxidation sites excluding steroid dienone is 17. The number of hydrogen-bond acceptors (Lipinski definition) is 3. The van der Waals surface area contributed by atoms with E-state index in [1.807, 2.05) is 12.2 Å². The molecule has 0 radical (unpaired) electrons. The highest BCUT2D eigenvalue weighted by Gasteiger charge is 2.17. The summed E-state index contributed by atoms with van der Waals surface area (Å²) in [5.74, 6) is -0.169. The molecule has 1 amide bonds. The number of rotatable bonds is 27. The topological polar surface area (TPSA) is 69.6 Å². The van der Waals surface area contributed by atoms with Gasteiger partial charge in [-0.25, -0.2) is 0 Å². The lowest BCUT2D eigenvalue weighted by Crippen LogP contribution is -2.45. The Morgan fingerprint density at radius 3 is 1.47 bits per heavy atom. The molecule has 0 bridgehead atoms. The Balaban J connectivity index is 3.94. The van der Waals surface area contributed by atoms with Crippen molar-refractivity contribution in [3.63, 3.8) is 0 Å². The predicted octanol–water partition coefficient (Wildman–Crippen LogP) is 9.72. The molecule has 0 aromatic heterocycles. The Hall–Kier alpha value is -2.95. The zero-order chi connectivity index (χ0) is 31.5. The maximum absolute atomic E-state index is 12.2. The Bertz CT molecular complexity index is 901. The predicted molar refractivity (Wildman–Crippen MR) is 188 cm³/mol. The molecule has 2 unspecified atom stereocenters. The largest absolute Gasteiger partial charge is 0.394 e. The first-order valence-corrected chi connectivity index (χ1v) is 16.6. The van der Waals surface area contributed by atoms with Gasteiger partial charge in [0.05, 0.1) is 18.8 Å². The van der Waals surface area contributed by atoms with Crippen LogP contribution in [0.3, 0.4) is 0 Å². The van der Waals surface area contributed by atoms with Gasteiger partial charge < -0.3 is 15.5 Å². The van der Waals surface area contributed by atoms with Gasteiger partial charge in [0.2, 0.25) is 5.91 Å². The summed E-state index contributed by atoms with van der Waals surface area (Å²) in [5.41, 5.74) is 0. The zero-order valence-corrected chi connectivity index (χ0v) is 27.2. The lowest BCUT2D eigenvalue weighted by molar-refractivity contribution is -0.122. The molecular formula is C39H61NO3. The lowest BCUT2D eigenvalue weighted by Gasteiger charge is -2.19. The van der Waals surface area contributed by atoms with Crippen LogP contribution in [0.15, 0.2) is 109 Å². The highest BCUT2D eigenvalue weighted by Crippen LogP contribution is 2.04. The summed E-state index contributed by atoms with van der Waals surface area (Å²) in [6.07, 6.45) is 51.7. The average molecular weight is 592 g/mol. The van der Waals surface area contributed by atoms with E-state index >= 15 is 0 Å². The third-order valence-corrected chi connectivity index (χ3v) is 6.48. The Morgan fingerprint density at radius 2 is 1.00 bits per heavy atom. The molecule has 2 atom stereocenters. The number of aliphatic hydroxyl groups is 2. The number of aliphatic hydroxyl groups excluding tert-OH is 2. The summed E-state index contributed by atoms with van der Waals surface area (Å²) in [7, 11) is 0. The van der Waals surface area contributed by atoms with Crippen molar-refractivity contribution in [3.05, 3.63) is 109 Å². The van der Waals surface area contributed by atoms with Gasteiger partial charge in [0.15, 0.2) is 0 Å². The van der Waals surface area contributed by atoms with Crippen LogP contribution in [0.5, 0.6) is 0 Å². The van der Waals surface area contributed by atoms with Crippen LogP contribution in [0.2, 0.25) is 0 Å². The number of hydrogen-bond donors (Lipinski definition) is 3. The average Bonchev–Trinajstić information content (AvgIpc) is 3.01. The van der Waals surface area contributed by atoms with Gasteiger partial charge in [0.1, 0.15) is 0 Å². The van der Waals surface area contributed by atoms with Gasteiger partial charge in [0, 0.05) is 6.42 Å². The maximum Gasteiger partial charge on any atom is 0.220 e. The van der Waals surface area contributed by atoms with Crippen molar-refractivity contribution in [2.45, 2.75) is 122 Å². The molecule has 0 saturated carbocycles. The number of amides is 1. The van der Waals surface area contributed by atoms with Crippen molar-refractivity contribution < 1.29 is 15.0 Å². The summed E-state index contributed by atoms with van der Waals surface area (Å²) < 4.78 is 0. The van der Waals surface area contributed by atoms with Gasteiger partial charge in [-0.05, 0) is 77.0 Å². The summed E-state index contributed by atoms with van der Waals surface area (Å²) in [4.78, 5) is 12.2. The molecule has 43 heavy (non-hydrogen) atoms. The third kappa shape index (κ3) is 30.3. The maximum atomic E-state index is 12.2. The van der Waals surface area contributed by atoms with E-state index in [1.165, 1.54) is 19.3 Å². The molecule has 0 aromatic rings. The molecule has 0 aliphatic heterocycles. The molecule has 4 heteroatoms. The first-order chi connectivity index (χ1) is 21.2. The van der Waals surface area contributed by atoms with Crippen LogP contribution in [0, 0.1) is 0 Å². The fourth-order valence-corrected chi connectivity index (χ4v) is 3.92. The lowest BCUT2D eigenvalue weighted by atomic mass is 10.1. The van der Waals surface area contributed by atoms with Crippen molar-refractivity contribution in [3.8, 4) is 0 Å². The van der Waals surface area contributed by atoms with Crippen LogP contribution in [0.1, 0.15) is 110 Å². The molecule has 0 spiro atoms. The van der Waals surface area contributed by atoms with E-state index in [4.69, 9.17) is 0 Å². The molecule has 240 valence electrons. The van der Waals surface area contributed by atoms with Crippen molar-refractivity contribution in [1.29, 1.82) is 0 Å². The SMILES string of the molecule is CC/C=C\C/C=C\C/C=C\C/C=C\C/C=C\C/C=C\CCC(=O)NC(CO)C(O)/C=C/CC/C=C/CC/C=C/CCCC. The van der Waals surface area contributed by atoms with Crippen LogP contribution in [-0.4, -0.2) is 34.9 Å². The Morgan fingerprint density at radius 1 is 0.581 bits per heavy atom. The van der Waals surface area contributed by atoms with Crippen molar-refractivity contribution in [2.75, 3.05) is 6.61 Å². The summed E-state index contributed by atoms with van der Waals surface area (Å²) in [6, 6.07) is -0.691. The monoisotopic (exact) mass is 591 g/mol. The van der Waals surface area contributed by atoms with E-state index in [-0.39, 0.29) is 12.5 Å². The first kappa shape index (κ1) is 40.1. The minimum atomic E-state index is -0.905. The van der Waals surface area contributed by atoms with Crippen LogP contribution in [-0.2, 0) is 4.79 Å². The molecule has 0 saturated heterocycles. The van der Waals surface area contributed by atoms with Gasteiger partial charge >= 0.3 is 0 Å². The van der Waals surface area contributed by atoms with E-state index < -0.39 is 12.1 Å². The number of carbonyl (C=O) groups is 1. The molecule has 0 aromatic carbocycles. The fraction of sp³-hybridized carbons (Fsp3) is 0.513. The van der Waals surface area contributed by atoms with Crippen molar-refractivity contribution in [1.82, 2.24) is 5.32 Å². The Kier molecular flexibility index (Phi) is 31.2. The smallest absolute Gasteiger partial charge is 0.220 e. The van der Waals surface area contributed by atoms with Crippen LogP contribution in [0.25, 0.3) is 0 Å². The van der Waals surface area contributed by atoms with Crippen molar-refractivity contribution in [2.24, 2.45) is 0 Å². The number of nitrogens with one attached hydrogen (secondary N) is 1. The fourth-order valence-electron chi connectivity index (χ4n) is 3.92. The molecular weight excluding hydrogens is 530 g/mol. The van der Waals surface area contributed by atoms with Crippen LogP contribution >= 0.6 is 0 Å². The van der Waals surface area contributed by atoms with E-state index in [2.05, 4.69) is 110 Å². The van der Waals surface area contributed by atoms with Gasteiger partial charge in [-0.2, -0.15) is 0 Å². The standard InChI is InChI=1S/C39H61NO3/c1-3-5-7-9-11-13-15-17-18-19-20-21-22-23-25-27-29-31-33-35-39(43)40-37(36-41)38(42)34-32-30-28-26-24-16-14-12-10-8-6-4-2/h5,7,10-13,17-18,20-21,23-26,29,31-32,34,37-38,41-42H,3-4,6,8-9,14-16,19,22,27-28,30,33,35-36H2,1-2H3,(H,40,43)/b7-5-,12-10+,13-11-,18-17-,21-20-,25-23-,26-24+,31-29-,34-32+. The molecule has 0 heterocycles. The van der Waals surface area contributed by atoms with Gasteiger partial charge in [0.25, 0.3) is 0 Å². The van der Waals surface area contributed by atoms with E-state index in [0.29, 0.717) is 12.8 Å². The van der Waals surface area contributed by atoms with Crippen LogP contribution < -0.4 is 5.32 Å². The number of carbonyl (C=O) groups excluding carboxylic acids is 1. The molecule has 0 aliphatic carbocycles. The molecule has 3 N–H and O–H groups in total. The van der Waals surface area contributed by atoms with Gasteiger partial charge in [-0.1, -0.05) is 136 Å². The highest BCUT2D eigenvalue weighted by atomic mass is 16.3. The number of unbranched alkanes of at least 4 members (excludes halogenated alkanes) is 4. The second kappa shape index (κ2) is 33.6. The minimum absolute atomic E-state index is 0.169. The summed E-state index contributed by atoms with van der Waals surface area (Å²) >= 11 is 0. The minimum Gasteiger partial charge on any atom is -0.394 e. The molecule has 0 rings (SSSR count). The molecule has 0 aliphatic rings. The highest BCUT2D eigenvalue weighted by molar-refractivity contribution is 5.76. The quantitative estimate of drug-likeness (QED) is 0.0658. The summed E-state index contributed by atoms with van der Waals surface area (Å²) in [5, 5.41) is 22.7. The first-order valence-electron chi connectivity index (χ1n) is 16.6. The molecule has 4 nitrogen and oxygen atoms in total. The Labute approximate surface area is 264 Å². The third-order valence-electron chi connectivity index (χ3n) is 6.48. The van der Waals surface area contributed by atoms with Gasteiger partial charge in [-0.3, -0.25) is 4.79 Å². The normalized spacial score (nSPS) is 14.6. The summed E-state index contributed by atoms with van der Waals surface area (Å²) in [6.45, 7) is 4.05. The van der Waals surface area contributed by atoms with Crippen molar-refractivity contribution >= 4 is 5.91 Å². The van der Waals surface area contributed by atoms with E-state index in [0.717, 1.165) is 64.2 Å². The van der Waals surface area contributed by atoms with E-state index in [9.17, 15) is 15.0 Å². The zero-order valence-electron chi connectivity index (χ0n) is 27.2. The second-order valence-corrected chi connectivity index (χ2v) is 10.5.